The topological polar surface area (TPSA) is 89.6 Å². The van der Waals surface area contributed by atoms with Crippen LogP contribution in [0.25, 0.3) is 0 Å². The number of aromatic carboxylic acids is 1. The number of amides is 1. The average Bonchev–Trinajstić information content (AvgIpc) is 2.39. The van der Waals surface area contributed by atoms with E-state index in [1.807, 2.05) is 0 Å². The second kappa shape index (κ2) is 5.22. The lowest BCUT2D eigenvalue weighted by Gasteiger charge is -2.06. The van der Waals surface area contributed by atoms with Gasteiger partial charge in [0.1, 0.15) is 11.5 Å². The van der Waals surface area contributed by atoms with Crippen LogP contribution in [0.4, 0.5) is 0 Å². The second-order valence-corrected chi connectivity index (χ2v) is 3.82. The fraction of sp³-hybridized carbons (Fsp3) is 0. The summed E-state index contributed by atoms with van der Waals surface area (Å²) in [5.41, 5.74) is 5.70. The number of carboxylic acid groups (broad SMARTS) is 1. The standard InChI is InChI=1S/C14H11NO4/c15-13(16)10-2-1-3-12(8-10)19-11-6-4-9(5-7-11)14(17)18/h1-8H,(H2,15,16)(H,17,18). The largest absolute Gasteiger partial charge is 0.478 e. The van der Waals surface area contributed by atoms with Crippen LogP contribution in [0.15, 0.2) is 48.5 Å². The van der Waals surface area contributed by atoms with Crippen molar-refractivity contribution in [3.8, 4) is 11.5 Å². The van der Waals surface area contributed by atoms with Crippen molar-refractivity contribution in [2.45, 2.75) is 0 Å². The Kier molecular flexibility index (Phi) is 3.47. The maximum atomic E-state index is 11.0. The lowest BCUT2D eigenvalue weighted by atomic mass is 10.2. The van der Waals surface area contributed by atoms with Gasteiger partial charge in [0, 0.05) is 5.56 Å². The molecule has 96 valence electrons. The summed E-state index contributed by atoms with van der Waals surface area (Å²) >= 11 is 0. The minimum absolute atomic E-state index is 0.179. The maximum absolute atomic E-state index is 11.0. The third-order valence-corrected chi connectivity index (χ3v) is 2.46. The average molecular weight is 257 g/mol. The quantitative estimate of drug-likeness (QED) is 0.879. The Morgan fingerprint density at radius 1 is 0.947 bits per heavy atom. The molecule has 0 aliphatic heterocycles. The first kappa shape index (κ1) is 12.6. The van der Waals surface area contributed by atoms with Gasteiger partial charge in [0.25, 0.3) is 0 Å². The normalized spacial score (nSPS) is 9.89. The molecule has 2 aromatic carbocycles. The van der Waals surface area contributed by atoms with Gasteiger partial charge in [0.15, 0.2) is 0 Å². The highest BCUT2D eigenvalue weighted by atomic mass is 16.5. The number of benzene rings is 2. The number of hydrogen-bond acceptors (Lipinski definition) is 3. The summed E-state index contributed by atoms with van der Waals surface area (Å²) in [4.78, 5) is 21.7. The van der Waals surface area contributed by atoms with Gasteiger partial charge in [-0.2, -0.15) is 0 Å². The molecule has 0 saturated heterocycles. The summed E-state index contributed by atoms with van der Waals surface area (Å²) in [5, 5.41) is 8.77. The van der Waals surface area contributed by atoms with E-state index in [1.165, 1.54) is 18.2 Å². The first-order valence-corrected chi connectivity index (χ1v) is 5.47. The van der Waals surface area contributed by atoms with Crippen LogP contribution in [0.2, 0.25) is 0 Å². The Hall–Kier alpha value is -2.82. The zero-order valence-corrected chi connectivity index (χ0v) is 9.87. The van der Waals surface area contributed by atoms with Gasteiger partial charge in [-0.05, 0) is 42.5 Å². The predicted molar refractivity (Wildman–Crippen MR) is 68.4 cm³/mol. The van der Waals surface area contributed by atoms with Crippen LogP contribution in [0, 0.1) is 0 Å². The predicted octanol–water partition coefficient (Wildman–Crippen LogP) is 2.28. The van der Waals surface area contributed by atoms with Gasteiger partial charge in [-0.15, -0.1) is 0 Å². The van der Waals surface area contributed by atoms with E-state index >= 15 is 0 Å². The molecule has 19 heavy (non-hydrogen) atoms. The molecule has 2 rings (SSSR count). The second-order valence-electron chi connectivity index (χ2n) is 3.82. The molecule has 0 fully saturated rings. The first-order chi connectivity index (χ1) is 9.06. The summed E-state index contributed by atoms with van der Waals surface area (Å²) in [6, 6.07) is 12.4. The molecule has 0 saturated carbocycles. The molecule has 0 radical (unpaired) electrons. The Morgan fingerprint density at radius 3 is 2.21 bits per heavy atom. The molecular weight excluding hydrogens is 246 g/mol. The van der Waals surface area contributed by atoms with Crippen LogP contribution >= 0.6 is 0 Å². The van der Waals surface area contributed by atoms with Crippen molar-refractivity contribution in [1.82, 2.24) is 0 Å². The van der Waals surface area contributed by atoms with E-state index in [2.05, 4.69) is 0 Å². The highest BCUT2D eigenvalue weighted by Gasteiger charge is 2.05. The van der Waals surface area contributed by atoms with E-state index in [0.717, 1.165) is 0 Å². The molecule has 1 amide bonds. The van der Waals surface area contributed by atoms with Gasteiger partial charge in [-0.25, -0.2) is 4.79 Å². The number of carbonyl (C=O) groups is 2. The summed E-state index contributed by atoms with van der Waals surface area (Å²) < 4.78 is 5.50. The zero-order chi connectivity index (χ0) is 13.8. The Labute approximate surface area is 109 Å². The van der Waals surface area contributed by atoms with E-state index in [9.17, 15) is 9.59 Å². The Morgan fingerprint density at radius 2 is 1.63 bits per heavy atom. The van der Waals surface area contributed by atoms with E-state index in [4.69, 9.17) is 15.6 Å². The summed E-state index contributed by atoms with van der Waals surface area (Å²) in [5.74, 6) is -0.597. The first-order valence-electron chi connectivity index (χ1n) is 5.47. The minimum atomic E-state index is -0.998. The van der Waals surface area contributed by atoms with Crippen molar-refractivity contribution in [2.75, 3.05) is 0 Å². The number of nitrogens with two attached hydrogens (primary N) is 1. The van der Waals surface area contributed by atoms with Crippen molar-refractivity contribution in [3.05, 3.63) is 59.7 Å². The fourth-order valence-electron chi connectivity index (χ4n) is 1.51. The van der Waals surface area contributed by atoms with E-state index in [-0.39, 0.29) is 5.56 Å². The van der Waals surface area contributed by atoms with Gasteiger partial charge >= 0.3 is 5.97 Å². The third kappa shape index (κ3) is 3.10. The molecule has 0 bridgehead atoms. The molecule has 3 N–H and O–H groups in total. The monoisotopic (exact) mass is 257 g/mol. The molecule has 0 heterocycles. The molecule has 0 atom stereocenters. The van der Waals surface area contributed by atoms with Crippen molar-refractivity contribution < 1.29 is 19.4 Å². The SMILES string of the molecule is NC(=O)c1cccc(Oc2ccc(C(=O)O)cc2)c1. The lowest BCUT2D eigenvalue weighted by molar-refractivity contribution is 0.0696. The van der Waals surface area contributed by atoms with Gasteiger partial charge in [-0.3, -0.25) is 4.79 Å². The van der Waals surface area contributed by atoms with Crippen LogP contribution in [-0.2, 0) is 0 Å². The van der Waals surface area contributed by atoms with Crippen molar-refractivity contribution in [3.63, 3.8) is 0 Å². The minimum Gasteiger partial charge on any atom is -0.478 e. The smallest absolute Gasteiger partial charge is 0.335 e. The molecular formula is C14H11NO4. The molecule has 0 unspecified atom stereocenters. The van der Waals surface area contributed by atoms with Crippen LogP contribution in [0.5, 0.6) is 11.5 Å². The molecule has 0 aliphatic rings. The Bertz CT molecular complexity index is 620. The number of carbonyl (C=O) groups excluding carboxylic acids is 1. The van der Waals surface area contributed by atoms with Crippen LogP contribution in [0.3, 0.4) is 0 Å². The van der Waals surface area contributed by atoms with Gasteiger partial charge in [-0.1, -0.05) is 6.07 Å². The Balaban J connectivity index is 2.19. The van der Waals surface area contributed by atoms with Crippen LogP contribution in [-0.4, -0.2) is 17.0 Å². The van der Waals surface area contributed by atoms with Crippen molar-refractivity contribution in [2.24, 2.45) is 5.73 Å². The molecule has 5 nitrogen and oxygen atoms in total. The lowest BCUT2D eigenvalue weighted by Crippen LogP contribution is -2.10. The van der Waals surface area contributed by atoms with Gasteiger partial charge < -0.3 is 15.6 Å². The zero-order valence-electron chi connectivity index (χ0n) is 9.87. The van der Waals surface area contributed by atoms with Gasteiger partial charge in [0.05, 0.1) is 5.56 Å². The van der Waals surface area contributed by atoms with E-state index in [1.54, 1.807) is 30.3 Å². The van der Waals surface area contributed by atoms with Crippen LogP contribution < -0.4 is 10.5 Å². The summed E-state index contributed by atoms with van der Waals surface area (Å²) in [7, 11) is 0. The molecule has 0 aliphatic carbocycles. The van der Waals surface area contributed by atoms with Crippen molar-refractivity contribution in [1.29, 1.82) is 0 Å². The molecule has 5 heteroatoms. The number of hydrogen-bond donors (Lipinski definition) is 2. The number of rotatable bonds is 4. The van der Waals surface area contributed by atoms with Crippen LogP contribution in [0.1, 0.15) is 20.7 Å². The molecule has 2 aromatic rings. The van der Waals surface area contributed by atoms with Crippen molar-refractivity contribution >= 4 is 11.9 Å². The van der Waals surface area contributed by atoms with Gasteiger partial charge in [0.2, 0.25) is 5.91 Å². The fourth-order valence-corrected chi connectivity index (χ4v) is 1.51. The number of carboxylic acids is 1. The van der Waals surface area contributed by atoms with E-state index in [0.29, 0.717) is 17.1 Å². The summed E-state index contributed by atoms with van der Waals surface area (Å²) in [6.45, 7) is 0. The molecule has 0 spiro atoms. The number of primary amides is 1. The number of ether oxygens (including phenoxy) is 1. The molecule has 0 aromatic heterocycles. The van der Waals surface area contributed by atoms with E-state index < -0.39 is 11.9 Å². The highest BCUT2D eigenvalue weighted by Crippen LogP contribution is 2.22. The highest BCUT2D eigenvalue weighted by molar-refractivity contribution is 5.93. The summed E-state index contributed by atoms with van der Waals surface area (Å²) in [6.07, 6.45) is 0. The maximum Gasteiger partial charge on any atom is 0.335 e. The third-order valence-electron chi connectivity index (χ3n) is 2.46.